The molecule has 0 aliphatic heterocycles. The summed E-state index contributed by atoms with van der Waals surface area (Å²) in [6.45, 7) is 14.6. The van der Waals surface area contributed by atoms with Crippen LogP contribution in [0.2, 0.25) is 0 Å². The zero-order valence-corrected chi connectivity index (χ0v) is 20.9. The Hall–Kier alpha value is -3.15. The number of carbonyl (C=O) groups excluding carboxylic acids is 1. The summed E-state index contributed by atoms with van der Waals surface area (Å²) in [5, 5.41) is 3.65. The molecule has 3 rings (SSSR count). The molecule has 0 spiro atoms. The first-order chi connectivity index (χ1) is 15.6. The normalized spacial score (nSPS) is 12.6. The number of fused-ring (bicyclic) bond motifs is 1. The minimum Gasteiger partial charge on any atom is -0.333 e. The highest BCUT2D eigenvalue weighted by Gasteiger charge is 2.30. The number of hydrogen-bond acceptors (Lipinski definition) is 3. The Balaban J connectivity index is 2.28. The first kappa shape index (κ1) is 24.5. The summed E-state index contributed by atoms with van der Waals surface area (Å²) in [4.78, 5) is 33.8. The van der Waals surface area contributed by atoms with Crippen molar-refractivity contribution >= 4 is 16.9 Å². The number of benzene rings is 2. The number of amides is 2. The van der Waals surface area contributed by atoms with Gasteiger partial charge in [0, 0.05) is 12.1 Å². The first-order valence-corrected chi connectivity index (χ1v) is 11.8. The van der Waals surface area contributed by atoms with Crippen molar-refractivity contribution in [3.05, 3.63) is 69.8 Å². The van der Waals surface area contributed by atoms with Crippen molar-refractivity contribution in [3.63, 3.8) is 0 Å². The van der Waals surface area contributed by atoms with Gasteiger partial charge in [-0.2, -0.15) is 0 Å². The smallest absolute Gasteiger partial charge is 0.318 e. The molecule has 0 aliphatic carbocycles. The lowest BCUT2D eigenvalue weighted by Gasteiger charge is -2.34. The van der Waals surface area contributed by atoms with Crippen LogP contribution in [0, 0.1) is 13.8 Å². The van der Waals surface area contributed by atoms with Crippen LogP contribution in [-0.4, -0.2) is 32.6 Å². The summed E-state index contributed by atoms with van der Waals surface area (Å²) in [5.74, 6) is 0.585. The molecule has 1 unspecified atom stereocenters. The number of aryl methyl sites for hydroxylation is 2. The van der Waals surface area contributed by atoms with Crippen LogP contribution in [0.3, 0.4) is 0 Å². The predicted molar refractivity (Wildman–Crippen MR) is 135 cm³/mol. The molecule has 2 amide bonds. The fourth-order valence-corrected chi connectivity index (χ4v) is 4.06. The molecule has 1 N–H and O–H groups in total. The summed E-state index contributed by atoms with van der Waals surface area (Å²) >= 11 is 0. The molecule has 3 aromatic rings. The fraction of sp³-hybridized carbons (Fsp3) is 0.444. The van der Waals surface area contributed by atoms with Crippen LogP contribution in [0.15, 0.2) is 47.3 Å². The van der Waals surface area contributed by atoms with Gasteiger partial charge in [-0.05, 0) is 82.9 Å². The van der Waals surface area contributed by atoms with Crippen molar-refractivity contribution in [1.29, 1.82) is 0 Å². The van der Waals surface area contributed by atoms with Crippen molar-refractivity contribution in [2.24, 2.45) is 0 Å². The molecule has 1 atom stereocenters. The van der Waals surface area contributed by atoms with Gasteiger partial charge in [0.25, 0.3) is 5.56 Å². The summed E-state index contributed by atoms with van der Waals surface area (Å²) in [6, 6.07) is 12.9. The highest BCUT2D eigenvalue weighted by Crippen LogP contribution is 2.27. The number of rotatable bonds is 6. The summed E-state index contributed by atoms with van der Waals surface area (Å²) in [6.07, 6.45) is 1.43. The molecular weight excluding hydrogens is 412 g/mol. The van der Waals surface area contributed by atoms with Crippen LogP contribution in [0.25, 0.3) is 16.6 Å². The fourth-order valence-electron chi connectivity index (χ4n) is 4.06. The monoisotopic (exact) mass is 448 g/mol. The molecule has 0 saturated heterocycles. The van der Waals surface area contributed by atoms with Gasteiger partial charge in [0.05, 0.1) is 22.6 Å². The van der Waals surface area contributed by atoms with E-state index in [0.29, 0.717) is 29.7 Å². The molecule has 1 heterocycles. The maximum Gasteiger partial charge on any atom is 0.318 e. The van der Waals surface area contributed by atoms with Gasteiger partial charge >= 0.3 is 6.03 Å². The quantitative estimate of drug-likeness (QED) is 0.528. The van der Waals surface area contributed by atoms with E-state index < -0.39 is 0 Å². The second-order valence-electron chi connectivity index (χ2n) is 9.69. The van der Waals surface area contributed by atoms with E-state index in [2.05, 4.69) is 12.2 Å². The molecule has 33 heavy (non-hydrogen) atoms. The molecule has 6 heteroatoms. The number of hydrogen-bond donors (Lipinski definition) is 1. The molecule has 0 saturated carbocycles. The molecular formula is C27H36N4O2. The molecule has 6 nitrogen and oxygen atoms in total. The van der Waals surface area contributed by atoms with E-state index in [0.717, 1.165) is 23.2 Å². The minimum atomic E-state index is -0.369. The molecule has 0 bridgehead atoms. The highest BCUT2D eigenvalue weighted by molar-refractivity contribution is 5.78. The van der Waals surface area contributed by atoms with Crippen LogP contribution in [0.4, 0.5) is 4.79 Å². The summed E-state index contributed by atoms with van der Waals surface area (Å²) in [5.41, 5.74) is 3.18. The van der Waals surface area contributed by atoms with Crippen molar-refractivity contribution in [2.45, 2.75) is 72.9 Å². The third-order valence-corrected chi connectivity index (χ3v) is 5.82. The third-order valence-electron chi connectivity index (χ3n) is 5.82. The average molecular weight is 449 g/mol. The van der Waals surface area contributed by atoms with Gasteiger partial charge in [-0.1, -0.05) is 32.0 Å². The Bertz CT molecular complexity index is 1210. The van der Waals surface area contributed by atoms with Crippen molar-refractivity contribution in [3.8, 4) is 5.69 Å². The predicted octanol–water partition coefficient (Wildman–Crippen LogP) is 5.67. The number of aromatic nitrogens is 2. The zero-order valence-electron chi connectivity index (χ0n) is 20.9. The Labute approximate surface area is 196 Å². The maximum atomic E-state index is 13.7. The number of carbonyl (C=O) groups is 1. The van der Waals surface area contributed by atoms with Crippen LogP contribution < -0.4 is 10.9 Å². The van der Waals surface area contributed by atoms with E-state index in [9.17, 15) is 9.59 Å². The SMILES string of the molecule is CCCN(C(=O)NC(C)(C)C)C(CC)c1nc2ccccc2c(=O)n1-c1ccc(C)c(C)c1. The van der Waals surface area contributed by atoms with E-state index in [1.807, 2.05) is 88.9 Å². The van der Waals surface area contributed by atoms with Gasteiger partial charge in [0.15, 0.2) is 0 Å². The lowest BCUT2D eigenvalue weighted by atomic mass is 10.1. The lowest BCUT2D eigenvalue weighted by Crippen LogP contribution is -2.50. The van der Waals surface area contributed by atoms with E-state index in [-0.39, 0.29) is 23.2 Å². The number of nitrogens with one attached hydrogen (secondary N) is 1. The van der Waals surface area contributed by atoms with Crippen molar-refractivity contribution < 1.29 is 4.79 Å². The molecule has 176 valence electrons. The van der Waals surface area contributed by atoms with E-state index in [1.54, 1.807) is 4.57 Å². The Kier molecular flexibility index (Phi) is 7.25. The van der Waals surface area contributed by atoms with Gasteiger partial charge in [-0.15, -0.1) is 0 Å². The Morgan fingerprint density at radius 3 is 2.39 bits per heavy atom. The molecule has 0 radical (unpaired) electrons. The van der Waals surface area contributed by atoms with Gasteiger partial charge in [-0.25, -0.2) is 9.78 Å². The topological polar surface area (TPSA) is 67.2 Å². The molecule has 0 fully saturated rings. The number of urea groups is 1. The van der Waals surface area contributed by atoms with Crippen LogP contribution in [0.1, 0.15) is 70.5 Å². The van der Waals surface area contributed by atoms with Crippen LogP contribution in [-0.2, 0) is 0 Å². The number of para-hydroxylation sites is 1. The van der Waals surface area contributed by atoms with Crippen molar-refractivity contribution in [1.82, 2.24) is 19.8 Å². The van der Waals surface area contributed by atoms with Gasteiger partial charge in [0.1, 0.15) is 5.82 Å². The average Bonchev–Trinajstić information content (AvgIpc) is 2.75. The van der Waals surface area contributed by atoms with Gasteiger partial charge < -0.3 is 10.2 Å². The minimum absolute atomic E-state index is 0.120. The maximum absolute atomic E-state index is 13.7. The summed E-state index contributed by atoms with van der Waals surface area (Å²) < 4.78 is 1.69. The molecule has 2 aromatic carbocycles. The Morgan fingerprint density at radius 2 is 1.79 bits per heavy atom. The van der Waals surface area contributed by atoms with Crippen LogP contribution >= 0.6 is 0 Å². The molecule has 0 aliphatic rings. The van der Waals surface area contributed by atoms with Crippen molar-refractivity contribution in [2.75, 3.05) is 6.54 Å². The lowest BCUT2D eigenvalue weighted by molar-refractivity contribution is 0.160. The van der Waals surface area contributed by atoms with E-state index in [1.165, 1.54) is 0 Å². The Morgan fingerprint density at radius 1 is 1.09 bits per heavy atom. The second-order valence-corrected chi connectivity index (χ2v) is 9.69. The highest BCUT2D eigenvalue weighted by atomic mass is 16.2. The largest absolute Gasteiger partial charge is 0.333 e. The third kappa shape index (κ3) is 5.27. The summed E-state index contributed by atoms with van der Waals surface area (Å²) in [7, 11) is 0. The first-order valence-electron chi connectivity index (χ1n) is 11.8. The van der Waals surface area contributed by atoms with E-state index >= 15 is 0 Å². The number of nitrogens with zero attached hydrogens (tertiary/aromatic N) is 3. The van der Waals surface area contributed by atoms with E-state index in [4.69, 9.17) is 4.98 Å². The second kappa shape index (κ2) is 9.77. The standard InChI is InChI=1S/C27H36N4O2/c1-8-16-30(26(33)29-27(5,6)7)23(9-2)24-28-22-13-11-10-12-21(22)25(32)31(24)20-15-14-18(3)19(4)17-20/h10-15,17,23H,8-9,16H2,1-7H3,(H,29,33). The van der Waals surface area contributed by atoms with Gasteiger partial charge in [0.2, 0.25) is 0 Å². The zero-order chi connectivity index (χ0) is 24.3. The molecule has 1 aromatic heterocycles. The van der Waals surface area contributed by atoms with Gasteiger partial charge in [-0.3, -0.25) is 9.36 Å². The van der Waals surface area contributed by atoms with Crippen LogP contribution in [0.5, 0.6) is 0 Å².